The zero-order valence-electron chi connectivity index (χ0n) is 31.3. The molecule has 5 nitrogen and oxygen atoms in total. The zero-order valence-corrected chi connectivity index (χ0v) is 31.3. The molecular formula is C53H34N4O. The third-order valence-electron chi connectivity index (χ3n) is 10.9. The molecule has 0 unspecified atom stereocenters. The van der Waals surface area contributed by atoms with Crippen molar-refractivity contribution in [1.29, 1.82) is 0 Å². The van der Waals surface area contributed by atoms with Gasteiger partial charge < -0.3 is 4.42 Å². The van der Waals surface area contributed by atoms with E-state index in [0.29, 0.717) is 23.3 Å². The van der Waals surface area contributed by atoms with Crippen LogP contribution in [0, 0.1) is 0 Å². The molecule has 0 amide bonds. The van der Waals surface area contributed by atoms with Gasteiger partial charge in [-0.25, -0.2) is 9.55 Å². The minimum atomic E-state index is 0.494. The van der Waals surface area contributed by atoms with E-state index in [1.165, 1.54) is 22.3 Å². The highest BCUT2D eigenvalue weighted by atomic mass is 16.3. The summed E-state index contributed by atoms with van der Waals surface area (Å²) < 4.78 is 8.74. The van der Waals surface area contributed by atoms with Crippen LogP contribution in [0.3, 0.4) is 0 Å². The molecule has 58 heavy (non-hydrogen) atoms. The fraction of sp³-hybridized carbons (Fsp3) is 0. The van der Waals surface area contributed by atoms with Crippen molar-refractivity contribution in [2.45, 2.75) is 0 Å². The highest BCUT2D eigenvalue weighted by Crippen LogP contribution is 2.41. The van der Waals surface area contributed by atoms with E-state index in [4.69, 9.17) is 19.4 Å². The minimum Gasteiger partial charge on any atom is -0.439 e. The molecular weight excluding hydrogens is 709 g/mol. The first-order valence-electron chi connectivity index (χ1n) is 19.4. The Balaban J connectivity index is 1.09. The molecule has 3 heterocycles. The van der Waals surface area contributed by atoms with E-state index in [2.05, 4.69) is 133 Å². The first-order valence-corrected chi connectivity index (χ1v) is 19.4. The van der Waals surface area contributed by atoms with E-state index < -0.39 is 0 Å². The second kappa shape index (κ2) is 14.0. The van der Waals surface area contributed by atoms with Gasteiger partial charge in [0.1, 0.15) is 5.58 Å². The van der Waals surface area contributed by atoms with Crippen LogP contribution in [-0.2, 0) is 0 Å². The molecule has 0 saturated heterocycles. The average Bonchev–Trinajstić information content (AvgIpc) is 3.84. The van der Waals surface area contributed by atoms with Crippen LogP contribution in [0.25, 0.3) is 106 Å². The van der Waals surface area contributed by atoms with Crippen LogP contribution in [0.15, 0.2) is 211 Å². The number of rotatable bonds is 7. The number of hydrogen-bond donors (Lipinski definition) is 0. The second-order valence-electron chi connectivity index (χ2n) is 14.5. The molecule has 0 aliphatic heterocycles. The molecule has 0 spiro atoms. The highest BCUT2D eigenvalue weighted by molar-refractivity contribution is 6.20. The monoisotopic (exact) mass is 742 g/mol. The summed E-state index contributed by atoms with van der Waals surface area (Å²) in [6, 6.07) is 71.9. The lowest BCUT2D eigenvalue weighted by Crippen LogP contribution is -2.06. The molecule has 11 aromatic rings. The van der Waals surface area contributed by atoms with Crippen molar-refractivity contribution in [3.63, 3.8) is 0 Å². The molecule has 0 fully saturated rings. The average molecular weight is 743 g/mol. The van der Waals surface area contributed by atoms with Gasteiger partial charge in [-0.1, -0.05) is 164 Å². The first kappa shape index (κ1) is 33.4. The second-order valence-corrected chi connectivity index (χ2v) is 14.5. The van der Waals surface area contributed by atoms with Crippen molar-refractivity contribution in [2.24, 2.45) is 0 Å². The fourth-order valence-corrected chi connectivity index (χ4v) is 8.03. The van der Waals surface area contributed by atoms with E-state index in [1.807, 2.05) is 77.4 Å². The van der Waals surface area contributed by atoms with Gasteiger partial charge >= 0.3 is 0 Å². The van der Waals surface area contributed by atoms with Crippen molar-refractivity contribution in [2.75, 3.05) is 0 Å². The maximum atomic E-state index is 6.69. The van der Waals surface area contributed by atoms with Crippen LogP contribution in [0.4, 0.5) is 0 Å². The smallest absolute Gasteiger partial charge is 0.241 e. The molecule has 0 atom stereocenters. The van der Waals surface area contributed by atoms with Gasteiger partial charge in [0.2, 0.25) is 11.7 Å². The molecule has 0 aliphatic rings. The predicted octanol–water partition coefficient (Wildman–Crippen LogP) is 13.7. The summed E-state index contributed by atoms with van der Waals surface area (Å²) >= 11 is 0. The Labute approximate surface area is 335 Å². The van der Waals surface area contributed by atoms with E-state index >= 15 is 0 Å². The van der Waals surface area contributed by atoms with Gasteiger partial charge in [0, 0.05) is 21.9 Å². The Kier molecular flexibility index (Phi) is 8.07. The number of hydrogen-bond acceptors (Lipinski definition) is 4. The molecule has 0 saturated carbocycles. The van der Waals surface area contributed by atoms with Crippen molar-refractivity contribution < 1.29 is 4.42 Å². The minimum absolute atomic E-state index is 0.494. The molecule has 8 aromatic carbocycles. The number of fused-ring (bicyclic) bond motifs is 5. The Hall–Kier alpha value is -7.89. The maximum absolute atomic E-state index is 6.69. The summed E-state index contributed by atoms with van der Waals surface area (Å²) in [5, 5.41) is 3.12. The van der Waals surface area contributed by atoms with E-state index in [-0.39, 0.29) is 0 Å². The lowest BCUT2D eigenvalue weighted by atomic mass is 9.92. The van der Waals surface area contributed by atoms with Crippen LogP contribution in [0.1, 0.15) is 0 Å². The van der Waals surface area contributed by atoms with Gasteiger partial charge in [-0.3, -0.25) is 0 Å². The molecule has 5 heteroatoms. The fourth-order valence-electron chi connectivity index (χ4n) is 8.03. The van der Waals surface area contributed by atoms with Crippen molar-refractivity contribution in [1.82, 2.24) is 19.5 Å². The number of benzene rings is 8. The molecule has 0 aliphatic carbocycles. The van der Waals surface area contributed by atoms with Crippen molar-refractivity contribution in [3.05, 3.63) is 206 Å². The molecule has 272 valence electrons. The third-order valence-corrected chi connectivity index (χ3v) is 10.9. The number of aromatic nitrogens is 4. The van der Waals surface area contributed by atoms with Crippen molar-refractivity contribution in [3.8, 4) is 73.2 Å². The normalized spacial score (nSPS) is 11.4. The molecule has 0 N–H and O–H groups in total. The first-order chi connectivity index (χ1) is 28.7. The lowest BCUT2D eigenvalue weighted by Gasteiger charge is -2.13. The summed E-state index contributed by atoms with van der Waals surface area (Å²) in [4.78, 5) is 15.2. The van der Waals surface area contributed by atoms with Gasteiger partial charge in [0.15, 0.2) is 11.6 Å². The maximum Gasteiger partial charge on any atom is 0.241 e. The number of para-hydroxylation sites is 1. The Morgan fingerprint density at radius 1 is 0.328 bits per heavy atom. The lowest BCUT2D eigenvalue weighted by molar-refractivity contribution is 0.641. The molecule has 0 bridgehead atoms. The Bertz CT molecular complexity index is 3150. The van der Waals surface area contributed by atoms with Crippen LogP contribution < -0.4 is 0 Å². The zero-order chi connectivity index (χ0) is 38.4. The Morgan fingerprint density at radius 2 is 0.776 bits per heavy atom. The van der Waals surface area contributed by atoms with Gasteiger partial charge in [-0.2, -0.15) is 9.97 Å². The Morgan fingerprint density at radius 3 is 1.36 bits per heavy atom. The SMILES string of the molecule is c1ccc(-c2cc(-c3ccccc3)cc(-c3cccc(-c4ccc5c(c4)c4c6ccccc6oc4n5-c4nc(-c5ccccc5)nc(-c5ccccc5)n4)c3)c2)cc1. The van der Waals surface area contributed by atoms with Gasteiger partial charge in [-0.05, 0) is 87.0 Å². The number of furan rings is 1. The predicted molar refractivity (Wildman–Crippen MR) is 237 cm³/mol. The van der Waals surface area contributed by atoms with Gasteiger partial charge in [0.25, 0.3) is 0 Å². The van der Waals surface area contributed by atoms with Crippen LogP contribution in [-0.4, -0.2) is 19.5 Å². The van der Waals surface area contributed by atoms with Gasteiger partial charge in [-0.15, -0.1) is 0 Å². The topological polar surface area (TPSA) is 56.7 Å². The van der Waals surface area contributed by atoms with E-state index in [0.717, 1.165) is 60.6 Å². The van der Waals surface area contributed by atoms with Gasteiger partial charge in [0.05, 0.1) is 10.9 Å². The molecule has 3 aromatic heterocycles. The summed E-state index contributed by atoms with van der Waals surface area (Å²) in [5.41, 5.74) is 13.6. The largest absolute Gasteiger partial charge is 0.439 e. The van der Waals surface area contributed by atoms with Crippen LogP contribution in [0.2, 0.25) is 0 Å². The summed E-state index contributed by atoms with van der Waals surface area (Å²) in [5.74, 6) is 1.68. The quantitative estimate of drug-likeness (QED) is 0.163. The summed E-state index contributed by atoms with van der Waals surface area (Å²) in [6.45, 7) is 0. The van der Waals surface area contributed by atoms with E-state index in [1.54, 1.807) is 0 Å². The summed E-state index contributed by atoms with van der Waals surface area (Å²) in [7, 11) is 0. The molecule has 11 rings (SSSR count). The third kappa shape index (κ3) is 5.94. The highest BCUT2D eigenvalue weighted by Gasteiger charge is 2.23. The molecule has 0 radical (unpaired) electrons. The van der Waals surface area contributed by atoms with Crippen LogP contribution >= 0.6 is 0 Å². The summed E-state index contributed by atoms with van der Waals surface area (Å²) in [6.07, 6.45) is 0. The number of nitrogens with zero attached hydrogens (tertiary/aromatic N) is 4. The van der Waals surface area contributed by atoms with Crippen LogP contribution in [0.5, 0.6) is 0 Å². The van der Waals surface area contributed by atoms with E-state index in [9.17, 15) is 0 Å². The standard InChI is InChI=1S/C53H34N4O/c1-5-16-35(17-6-1)42-31-43(36-18-7-2-8-19-36)33-44(32-42)40-25-15-24-39(30-40)41-28-29-47-46(34-41)49-45-26-13-14-27-48(45)58-52(49)57(47)53-55-50(37-20-9-3-10-21-37)54-51(56-53)38-22-11-4-12-23-38/h1-34H. The van der Waals surface area contributed by atoms with Crippen molar-refractivity contribution >= 4 is 33.0 Å².